The second-order valence-corrected chi connectivity index (χ2v) is 9.66. The molecule has 0 saturated heterocycles. The molecule has 5 heteroatoms. The van der Waals surface area contributed by atoms with Crippen molar-refractivity contribution in [3.63, 3.8) is 0 Å². The van der Waals surface area contributed by atoms with Crippen LogP contribution in [0.1, 0.15) is 118 Å². The minimum Gasteiger partial charge on any atom is -0.324 e. The quantitative estimate of drug-likeness (QED) is 0.131. The molecule has 0 unspecified atom stereocenters. The van der Waals surface area contributed by atoms with Gasteiger partial charge in [0.2, 0.25) is 0 Å². The molecule has 0 radical (unpaired) electrons. The van der Waals surface area contributed by atoms with Gasteiger partial charge in [-0.1, -0.05) is 90.6 Å². The molecule has 4 nitrogen and oxygen atoms in total. The van der Waals surface area contributed by atoms with E-state index in [9.17, 15) is 8.42 Å². The number of hydrogen-bond acceptors (Lipinski definition) is 2. The summed E-state index contributed by atoms with van der Waals surface area (Å²) in [5, 5.41) is 0.465. The molecular formula is C24H52NO3S+. The summed E-state index contributed by atoms with van der Waals surface area (Å²) < 4.78 is 27.9. The van der Waals surface area contributed by atoms with Gasteiger partial charge >= 0.3 is 0 Å². The fourth-order valence-electron chi connectivity index (χ4n) is 3.79. The SMILES string of the molecule is C=CS(=O)(=O)O.CCCCCCCCCCCCCCCC[N+](CC)(CC)CC. The van der Waals surface area contributed by atoms with E-state index in [0.29, 0.717) is 5.41 Å². The largest absolute Gasteiger partial charge is 0.324 e. The molecule has 0 heterocycles. The fraction of sp³-hybridized carbons (Fsp3) is 0.917. The van der Waals surface area contributed by atoms with Gasteiger partial charge in [0.15, 0.2) is 0 Å². The van der Waals surface area contributed by atoms with Crippen LogP contribution in [0.4, 0.5) is 0 Å². The average molecular weight is 435 g/mol. The molecule has 0 aliphatic heterocycles. The Labute approximate surface area is 183 Å². The molecule has 176 valence electrons. The van der Waals surface area contributed by atoms with E-state index in [1.165, 1.54) is 121 Å². The second-order valence-electron chi connectivity index (χ2n) is 8.29. The first-order chi connectivity index (χ1) is 13.8. The highest BCUT2D eigenvalue weighted by Crippen LogP contribution is 2.14. The second kappa shape index (κ2) is 20.9. The molecule has 0 aromatic rings. The zero-order chi connectivity index (χ0) is 22.4. The van der Waals surface area contributed by atoms with Crippen molar-refractivity contribution < 1.29 is 17.5 Å². The van der Waals surface area contributed by atoms with Crippen LogP contribution in [0.3, 0.4) is 0 Å². The van der Waals surface area contributed by atoms with E-state index >= 15 is 0 Å². The normalized spacial score (nSPS) is 11.8. The standard InChI is InChI=1S/C22H48N.C2H4O3S/c1-5-9-10-11-12-13-14-15-16-17-18-19-20-21-22-23(6-2,7-3)8-4;1-2-6(3,4)5/h5-22H2,1-4H3;2H,1H2,(H,3,4,5)/q+1;. The van der Waals surface area contributed by atoms with Crippen LogP contribution < -0.4 is 0 Å². The van der Waals surface area contributed by atoms with Gasteiger partial charge in [-0.2, -0.15) is 8.42 Å². The third-order valence-electron chi connectivity index (χ3n) is 6.21. The monoisotopic (exact) mass is 434 g/mol. The number of nitrogens with zero attached hydrogens (tertiary/aromatic N) is 1. The summed E-state index contributed by atoms with van der Waals surface area (Å²) in [7, 11) is -3.90. The first-order valence-corrected chi connectivity index (χ1v) is 13.8. The summed E-state index contributed by atoms with van der Waals surface area (Å²) in [6.07, 6.45) is 20.5. The maximum atomic E-state index is 9.44. The Morgan fingerprint density at radius 1 is 0.655 bits per heavy atom. The third kappa shape index (κ3) is 22.1. The van der Waals surface area contributed by atoms with Crippen molar-refractivity contribution in [2.75, 3.05) is 26.2 Å². The number of rotatable bonds is 19. The Balaban J connectivity index is 0. The highest BCUT2D eigenvalue weighted by molar-refractivity contribution is 7.88. The van der Waals surface area contributed by atoms with Crippen LogP contribution in [0, 0.1) is 0 Å². The van der Waals surface area contributed by atoms with Crippen LogP contribution in [-0.4, -0.2) is 43.6 Å². The summed E-state index contributed by atoms with van der Waals surface area (Å²) in [4.78, 5) is 0. The van der Waals surface area contributed by atoms with Crippen LogP contribution in [-0.2, 0) is 10.1 Å². The highest BCUT2D eigenvalue weighted by Gasteiger charge is 2.19. The third-order valence-corrected chi connectivity index (χ3v) is 6.63. The average Bonchev–Trinajstić information content (AvgIpc) is 2.71. The molecule has 0 aliphatic rings. The minimum absolute atomic E-state index is 0.465. The van der Waals surface area contributed by atoms with Crippen LogP contribution in [0.2, 0.25) is 0 Å². The first-order valence-electron chi connectivity index (χ1n) is 12.3. The lowest BCUT2D eigenvalue weighted by Crippen LogP contribution is -2.48. The van der Waals surface area contributed by atoms with Crippen molar-refractivity contribution in [3.05, 3.63) is 12.0 Å². The topological polar surface area (TPSA) is 54.4 Å². The molecule has 0 bridgehead atoms. The molecule has 0 spiro atoms. The van der Waals surface area contributed by atoms with E-state index in [1.54, 1.807) is 0 Å². The maximum Gasteiger partial charge on any atom is 0.287 e. The predicted molar refractivity (Wildman–Crippen MR) is 129 cm³/mol. The predicted octanol–water partition coefficient (Wildman–Crippen LogP) is 7.36. The number of unbranched alkanes of at least 4 members (excludes halogenated alkanes) is 13. The Hall–Kier alpha value is -0.390. The van der Waals surface area contributed by atoms with E-state index in [2.05, 4.69) is 34.3 Å². The van der Waals surface area contributed by atoms with Gasteiger partial charge in [-0.3, -0.25) is 4.55 Å². The molecule has 1 N–H and O–H groups in total. The van der Waals surface area contributed by atoms with Crippen LogP contribution in [0.15, 0.2) is 12.0 Å². The van der Waals surface area contributed by atoms with Crippen LogP contribution >= 0.6 is 0 Å². The maximum absolute atomic E-state index is 9.44. The molecule has 29 heavy (non-hydrogen) atoms. The summed E-state index contributed by atoms with van der Waals surface area (Å²) >= 11 is 0. The molecule has 0 rings (SSSR count). The van der Waals surface area contributed by atoms with Gasteiger partial charge in [-0.25, -0.2) is 0 Å². The van der Waals surface area contributed by atoms with E-state index in [-0.39, 0.29) is 0 Å². The summed E-state index contributed by atoms with van der Waals surface area (Å²) in [6, 6.07) is 0. The molecule has 0 amide bonds. The molecule has 0 aromatic carbocycles. The molecule has 0 fully saturated rings. The van der Waals surface area contributed by atoms with E-state index in [1.807, 2.05) is 0 Å². The van der Waals surface area contributed by atoms with E-state index in [4.69, 9.17) is 4.55 Å². The van der Waals surface area contributed by atoms with Crippen molar-refractivity contribution in [2.24, 2.45) is 0 Å². The zero-order valence-corrected chi connectivity index (χ0v) is 20.9. The van der Waals surface area contributed by atoms with Crippen molar-refractivity contribution in [3.8, 4) is 0 Å². The first kappa shape index (κ1) is 30.8. The fourth-order valence-corrected chi connectivity index (χ4v) is 3.79. The van der Waals surface area contributed by atoms with Gasteiger partial charge in [0.25, 0.3) is 10.1 Å². The van der Waals surface area contributed by atoms with Crippen molar-refractivity contribution in [1.82, 2.24) is 0 Å². The van der Waals surface area contributed by atoms with E-state index < -0.39 is 10.1 Å². The Morgan fingerprint density at radius 3 is 1.17 bits per heavy atom. The smallest absolute Gasteiger partial charge is 0.287 e. The Kier molecular flexibility index (Phi) is 22.2. The summed E-state index contributed by atoms with van der Waals surface area (Å²) in [6.45, 7) is 17.5. The van der Waals surface area contributed by atoms with Crippen molar-refractivity contribution >= 4 is 10.1 Å². The van der Waals surface area contributed by atoms with Gasteiger partial charge in [0.1, 0.15) is 0 Å². The molecular weight excluding hydrogens is 382 g/mol. The number of hydrogen-bond donors (Lipinski definition) is 1. The van der Waals surface area contributed by atoms with Gasteiger partial charge in [-0.05, 0) is 33.6 Å². The Morgan fingerprint density at radius 2 is 0.931 bits per heavy atom. The van der Waals surface area contributed by atoms with E-state index in [0.717, 1.165) is 0 Å². The lowest BCUT2D eigenvalue weighted by Gasteiger charge is -2.35. The molecule has 0 aliphatic carbocycles. The molecule has 0 saturated carbocycles. The number of quaternary nitrogens is 1. The molecule has 0 aromatic heterocycles. The lowest BCUT2D eigenvalue weighted by molar-refractivity contribution is -0.923. The van der Waals surface area contributed by atoms with Gasteiger partial charge in [-0.15, -0.1) is 0 Å². The van der Waals surface area contributed by atoms with Crippen molar-refractivity contribution in [1.29, 1.82) is 0 Å². The summed E-state index contributed by atoms with van der Waals surface area (Å²) in [5.41, 5.74) is 0. The zero-order valence-electron chi connectivity index (χ0n) is 20.1. The van der Waals surface area contributed by atoms with Gasteiger partial charge in [0.05, 0.1) is 31.6 Å². The Bertz CT molecular complexity index is 425. The summed E-state index contributed by atoms with van der Waals surface area (Å²) in [5.74, 6) is 0. The van der Waals surface area contributed by atoms with Gasteiger partial charge < -0.3 is 4.48 Å². The van der Waals surface area contributed by atoms with Crippen LogP contribution in [0.25, 0.3) is 0 Å². The lowest BCUT2D eigenvalue weighted by atomic mass is 10.0. The highest BCUT2D eigenvalue weighted by atomic mass is 32.2. The molecule has 0 atom stereocenters. The van der Waals surface area contributed by atoms with Crippen molar-refractivity contribution in [2.45, 2.75) is 118 Å². The van der Waals surface area contributed by atoms with Crippen LogP contribution in [0.5, 0.6) is 0 Å². The van der Waals surface area contributed by atoms with Gasteiger partial charge in [0, 0.05) is 0 Å². The minimum atomic E-state index is -3.90.